The molecule has 3 heterocycles. The van der Waals surface area contributed by atoms with E-state index in [0.29, 0.717) is 11.6 Å². The first-order chi connectivity index (χ1) is 16.2. The van der Waals surface area contributed by atoms with Gasteiger partial charge >= 0.3 is 6.18 Å². The number of fused-ring (bicyclic) bond motifs is 1. The summed E-state index contributed by atoms with van der Waals surface area (Å²) in [4.78, 5) is 21.5. The van der Waals surface area contributed by atoms with Crippen LogP contribution in [0.2, 0.25) is 0 Å². The molecule has 0 atom stereocenters. The Labute approximate surface area is 200 Å². The van der Waals surface area contributed by atoms with Crippen LogP contribution >= 0.6 is 11.3 Å². The molecule has 2 aromatic heterocycles. The molecule has 0 radical (unpaired) electrons. The molecule has 2 aliphatic rings. The van der Waals surface area contributed by atoms with Crippen molar-refractivity contribution in [3.8, 4) is 5.19 Å². The van der Waals surface area contributed by atoms with Crippen LogP contribution in [-0.4, -0.2) is 69.2 Å². The highest BCUT2D eigenvalue weighted by Gasteiger charge is 2.30. The van der Waals surface area contributed by atoms with E-state index in [4.69, 9.17) is 4.74 Å². The van der Waals surface area contributed by atoms with Gasteiger partial charge in [-0.3, -0.25) is 4.79 Å². The monoisotopic (exact) mass is 500 g/mol. The molecular formula is C22H31F3N6O2S. The van der Waals surface area contributed by atoms with Crippen molar-refractivity contribution in [3.05, 3.63) is 22.5 Å². The molecule has 0 saturated heterocycles. The molecule has 8 nitrogen and oxygen atoms in total. The smallest absolute Gasteiger partial charge is 0.422 e. The maximum absolute atomic E-state index is 12.4. The number of halogens is 3. The molecule has 0 aromatic carbocycles. The average Bonchev–Trinajstić information content (AvgIpc) is 3.32. The highest BCUT2D eigenvalue weighted by Crippen LogP contribution is 2.31. The number of aryl methyl sites for hydroxylation is 1. The van der Waals surface area contributed by atoms with Gasteiger partial charge in [0.1, 0.15) is 0 Å². The zero-order valence-corrected chi connectivity index (χ0v) is 20.1. The Bertz CT molecular complexity index is 929. The number of rotatable bonds is 8. The van der Waals surface area contributed by atoms with E-state index in [9.17, 15) is 18.0 Å². The molecule has 1 aliphatic heterocycles. The molecule has 1 saturated carbocycles. The average molecular weight is 501 g/mol. The summed E-state index contributed by atoms with van der Waals surface area (Å²) in [6.45, 7) is 1.48. The maximum atomic E-state index is 12.4. The van der Waals surface area contributed by atoms with Crippen molar-refractivity contribution in [1.82, 2.24) is 30.2 Å². The molecule has 188 valence electrons. The summed E-state index contributed by atoms with van der Waals surface area (Å²) in [7, 11) is 1.73. The Hall–Kier alpha value is -2.21. The number of hydrogen-bond acceptors (Lipinski definition) is 7. The summed E-state index contributed by atoms with van der Waals surface area (Å²) in [5.41, 5.74) is 1.56. The lowest BCUT2D eigenvalue weighted by molar-refractivity contribution is -0.153. The molecular weight excluding hydrogens is 469 g/mol. The lowest BCUT2D eigenvalue weighted by Gasteiger charge is -2.30. The van der Waals surface area contributed by atoms with E-state index in [2.05, 4.69) is 25.4 Å². The summed E-state index contributed by atoms with van der Waals surface area (Å²) in [5, 5.41) is 11.4. The number of ether oxygens (including phenoxy) is 1. The highest BCUT2D eigenvalue weighted by molar-refractivity contribution is 7.13. The van der Waals surface area contributed by atoms with E-state index in [1.54, 1.807) is 13.2 Å². The second-order valence-corrected chi connectivity index (χ2v) is 10.2. The largest absolute Gasteiger partial charge is 0.460 e. The van der Waals surface area contributed by atoms with E-state index in [0.717, 1.165) is 75.2 Å². The molecule has 34 heavy (non-hydrogen) atoms. The number of thiazole rings is 1. The van der Waals surface area contributed by atoms with E-state index < -0.39 is 12.8 Å². The number of nitrogens with one attached hydrogen (secondary N) is 1. The maximum Gasteiger partial charge on any atom is 0.422 e. The van der Waals surface area contributed by atoms with Crippen LogP contribution in [0.4, 0.5) is 13.2 Å². The lowest BCUT2D eigenvalue weighted by Crippen LogP contribution is -2.39. The van der Waals surface area contributed by atoms with Gasteiger partial charge in [-0.15, -0.1) is 0 Å². The van der Waals surface area contributed by atoms with Crippen molar-refractivity contribution in [1.29, 1.82) is 0 Å². The van der Waals surface area contributed by atoms with Crippen molar-refractivity contribution in [2.45, 2.75) is 63.6 Å². The normalized spacial score (nSPS) is 21.6. The van der Waals surface area contributed by atoms with Crippen molar-refractivity contribution >= 4 is 17.2 Å². The number of nitrogens with zero attached hydrogens (tertiary/aromatic N) is 5. The number of carbonyl (C=O) groups excluding carboxylic acids is 1. The van der Waals surface area contributed by atoms with Gasteiger partial charge in [-0.2, -0.15) is 28.2 Å². The van der Waals surface area contributed by atoms with Gasteiger partial charge < -0.3 is 15.0 Å². The standard InChI is InChI=1S/C22H31F3N6O2S/c1-30-26-13-17(29-30)12-20(32)27-16-4-2-15(3-5-16)6-9-31-10-7-18-19(8-11-31)34-21(28-18)33-14-22(23,24)25/h13,15-16H,2-12,14H2,1H3,(H,27,32)/t15-,16-. The van der Waals surface area contributed by atoms with Crippen LogP contribution in [0.25, 0.3) is 0 Å². The zero-order valence-electron chi connectivity index (χ0n) is 19.3. The van der Waals surface area contributed by atoms with E-state index in [1.807, 2.05) is 0 Å². The summed E-state index contributed by atoms with van der Waals surface area (Å²) in [6, 6.07) is 0.231. The third kappa shape index (κ3) is 7.39. The van der Waals surface area contributed by atoms with Gasteiger partial charge in [0.05, 0.1) is 24.0 Å². The zero-order chi connectivity index (χ0) is 24.1. The van der Waals surface area contributed by atoms with Gasteiger partial charge in [0.15, 0.2) is 6.61 Å². The predicted molar refractivity (Wildman–Crippen MR) is 121 cm³/mol. The molecule has 0 bridgehead atoms. The van der Waals surface area contributed by atoms with Crippen LogP contribution in [0.1, 0.15) is 48.4 Å². The van der Waals surface area contributed by atoms with Gasteiger partial charge in [0.2, 0.25) is 5.91 Å². The second-order valence-electron chi connectivity index (χ2n) is 9.17. The van der Waals surface area contributed by atoms with Crippen LogP contribution in [0.3, 0.4) is 0 Å². The predicted octanol–water partition coefficient (Wildman–Crippen LogP) is 2.92. The first kappa shape index (κ1) is 24.9. The molecule has 1 aliphatic carbocycles. The number of alkyl halides is 3. The minimum absolute atomic E-state index is 0.00144. The SMILES string of the molecule is Cn1ncc(CC(=O)N[C@H]2CC[C@H](CCN3CCc4nc(OCC(F)(F)F)sc4CC3)CC2)n1. The second kappa shape index (κ2) is 11.0. The topological polar surface area (TPSA) is 85.2 Å². The summed E-state index contributed by atoms with van der Waals surface area (Å²) in [5.74, 6) is 0.660. The molecule has 0 spiro atoms. The van der Waals surface area contributed by atoms with Crippen LogP contribution < -0.4 is 10.1 Å². The lowest BCUT2D eigenvalue weighted by atomic mass is 9.84. The number of amides is 1. The fourth-order valence-electron chi connectivity index (χ4n) is 4.69. The number of aromatic nitrogens is 4. The Morgan fingerprint density at radius 2 is 2.00 bits per heavy atom. The summed E-state index contributed by atoms with van der Waals surface area (Å²) < 4.78 is 41.9. The van der Waals surface area contributed by atoms with Crippen molar-refractivity contribution in [3.63, 3.8) is 0 Å². The van der Waals surface area contributed by atoms with Gasteiger partial charge in [0.25, 0.3) is 5.19 Å². The third-order valence-electron chi connectivity index (χ3n) is 6.49. The summed E-state index contributed by atoms with van der Waals surface area (Å²) >= 11 is 1.24. The molecule has 1 amide bonds. The van der Waals surface area contributed by atoms with E-state index in [-0.39, 0.29) is 23.6 Å². The van der Waals surface area contributed by atoms with Gasteiger partial charge in [-0.1, -0.05) is 11.3 Å². The van der Waals surface area contributed by atoms with Crippen LogP contribution in [0.5, 0.6) is 5.19 Å². The fraction of sp³-hybridized carbons (Fsp3) is 0.727. The molecule has 0 unspecified atom stereocenters. The Kier molecular flexibility index (Phi) is 8.07. The van der Waals surface area contributed by atoms with Gasteiger partial charge in [0, 0.05) is 37.5 Å². The van der Waals surface area contributed by atoms with E-state index in [1.165, 1.54) is 16.1 Å². The first-order valence-corrected chi connectivity index (χ1v) is 12.6. The number of hydrogen-bond donors (Lipinski definition) is 1. The Balaban J connectivity index is 1.13. The quantitative estimate of drug-likeness (QED) is 0.600. The van der Waals surface area contributed by atoms with Crippen LogP contribution in [-0.2, 0) is 31.1 Å². The Morgan fingerprint density at radius 1 is 1.24 bits per heavy atom. The third-order valence-corrected chi connectivity index (χ3v) is 7.56. The van der Waals surface area contributed by atoms with Crippen molar-refractivity contribution in [2.75, 3.05) is 26.2 Å². The first-order valence-electron chi connectivity index (χ1n) is 11.8. The minimum atomic E-state index is -4.35. The number of carbonyl (C=O) groups is 1. The molecule has 1 N–H and O–H groups in total. The van der Waals surface area contributed by atoms with Crippen molar-refractivity contribution in [2.24, 2.45) is 13.0 Å². The molecule has 12 heteroatoms. The van der Waals surface area contributed by atoms with Crippen LogP contribution in [0, 0.1) is 5.92 Å². The summed E-state index contributed by atoms with van der Waals surface area (Å²) in [6.07, 6.45) is 4.42. The van der Waals surface area contributed by atoms with Crippen LogP contribution in [0.15, 0.2) is 6.20 Å². The molecule has 1 fully saturated rings. The minimum Gasteiger partial charge on any atom is -0.460 e. The molecule has 2 aromatic rings. The van der Waals surface area contributed by atoms with Gasteiger partial charge in [-0.25, -0.2) is 4.98 Å². The van der Waals surface area contributed by atoms with E-state index >= 15 is 0 Å². The van der Waals surface area contributed by atoms with Crippen molar-refractivity contribution < 1.29 is 22.7 Å². The Morgan fingerprint density at radius 3 is 2.71 bits per heavy atom. The highest BCUT2D eigenvalue weighted by atomic mass is 32.1. The molecule has 4 rings (SSSR count). The fourth-order valence-corrected chi connectivity index (χ4v) is 5.63. The van der Waals surface area contributed by atoms with Gasteiger partial charge in [-0.05, 0) is 51.0 Å².